The van der Waals surface area contributed by atoms with Crippen LogP contribution >= 0.6 is 11.6 Å². The number of nitrogens with zero attached hydrogens (tertiary/aromatic N) is 1. The molecule has 1 rings (SSSR count). The Labute approximate surface area is 80.5 Å². The standard InChI is InChI=1S/C9H7ClFNO/c1-13-8-5-6(2-3-12)4-7(10)9(8)11/h4-5H,2H2,1H3. The number of hydrogen-bond acceptors (Lipinski definition) is 2. The first kappa shape index (κ1) is 9.82. The first-order valence-electron chi connectivity index (χ1n) is 3.58. The Balaban J connectivity index is 3.16. The number of hydrogen-bond donors (Lipinski definition) is 0. The Kier molecular flexibility index (Phi) is 3.10. The molecule has 0 atom stereocenters. The van der Waals surface area contributed by atoms with E-state index < -0.39 is 5.82 Å². The molecule has 2 nitrogen and oxygen atoms in total. The number of ether oxygens (including phenoxy) is 1. The highest BCUT2D eigenvalue weighted by molar-refractivity contribution is 6.31. The summed E-state index contributed by atoms with van der Waals surface area (Å²) in [5, 5.41) is 8.39. The quantitative estimate of drug-likeness (QED) is 0.734. The highest BCUT2D eigenvalue weighted by atomic mass is 35.5. The smallest absolute Gasteiger partial charge is 0.183 e. The monoisotopic (exact) mass is 199 g/mol. The summed E-state index contributed by atoms with van der Waals surface area (Å²) >= 11 is 5.57. The average Bonchev–Trinajstić information content (AvgIpc) is 2.11. The van der Waals surface area contributed by atoms with Crippen molar-refractivity contribution < 1.29 is 9.13 Å². The molecule has 0 amide bonds. The number of benzene rings is 1. The van der Waals surface area contributed by atoms with E-state index >= 15 is 0 Å². The molecular weight excluding hydrogens is 193 g/mol. The van der Waals surface area contributed by atoms with Gasteiger partial charge in [-0.25, -0.2) is 4.39 Å². The van der Waals surface area contributed by atoms with E-state index in [0.29, 0.717) is 5.56 Å². The summed E-state index contributed by atoms with van der Waals surface area (Å²) in [4.78, 5) is 0. The van der Waals surface area contributed by atoms with Crippen molar-refractivity contribution in [3.8, 4) is 11.8 Å². The summed E-state index contributed by atoms with van der Waals surface area (Å²) in [6, 6.07) is 4.83. The summed E-state index contributed by atoms with van der Waals surface area (Å²) in [5.41, 5.74) is 0.644. The van der Waals surface area contributed by atoms with Crippen LogP contribution in [0.1, 0.15) is 5.56 Å². The van der Waals surface area contributed by atoms with Crippen molar-refractivity contribution in [1.29, 1.82) is 5.26 Å². The Hall–Kier alpha value is -1.27. The van der Waals surface area contributed by atoms with Gasteiger partial charge in [-0.2, -0.15) is 5.26 Å². The maximum Gasteiger partial charge on any atom is 0.183 e. The SMILES string of the molecule is COc1cc(CC#N)cc(Cl)c1F. The van der Waals surface area contributed by atoms with Gasteiger partial charge < -0.3 is 4.74 Å². The third-order valence-electron chi connectivity index (χ3n) is 1.56. The minimum atomic E-state index is -0.592. The summed E-state index contributed by atoms with van der Waals surface area (Å²) in [5.74, 6) is -0.524. The van der Waals surface area contributed by atoms with E-state index in [1.807, 2.05) is 6.07 Å². The van der Waals surface area contributed by atoms with Gasteiger partial charge in [-0.15, -0.1) is 0 Å². The van der Waals surface area contributed by atoms with Crippen LogP contribution in [-0.2, 0) is 6.42 Å². The Morgan fingerprint density at radius 2 is 2.31 bits per heavy atom. The number of rotatable bonds is 2. The van der Waals surface area contributed by atoms with E-state index in [1.165, 1.54) is 19.2 Å². The molecule has 0 saturated carbocycles. The van der Waals surface area contributed by atoms with Crippen LogP contribution in [0.15, 0.2) is 12.1 Å². The maximum absolute atomic E-state index is 13.1. The normalized spacial score (nSPS) is 9.38. The Morgan fingerprint density at radius 1 is 1.62 bits per heavy atom. The average molecular weight is 200 g/mol. The van der Waals surface area contributed by atoms with E-state index in [2.05, 4.69) is 0 Å². The molecule has 0 N–H and O–H groups in total. The van der Waals surface area contributed by atoms with E-state index in [0.717, 1.165) is 0 Å². The summed E-state index contributed by atoms with van der Waals surface area (Å²) in [6.07, 6.45) is 0.191. The molecule has 68 valence electrons. The molecule has 0 spiro atoms. The molecular formula is C9H7ClFNO. The van der Waals surface area contributed by atoms with Gasteiger partial charge in [0.2, 0.25) is 0 Å². The molecule has 0 unspecified atom stereocenters. The van der Waals surface area contributed by atoms with Gasteiger partial charge in [0, 0.05) is 0 Å². The van der Waals surface area contributed by atoms with Crippen LogP contribution in [-0.4, -0.2) is 7.11 Å². The van der Waals surface area contributed by atoms with E-state index in [1.54, 1.807) is 0 Å². The largest absolute Gasteiger partial charge is 0.494 e. The molecule has 0 bridgehead atoms. The van der Waals surface area contributed by atoms with E-state index in [9.17, 15) is 4.39 Å². The molecule has 0 aromatic heterocycles. The molecule has 1 aromatic rings. The van der Waals surface area contributed by atoms with Crippen molar-refractivity contribution in [1.82, 2.24) is 0 Å². The number of halogens is 2. The zero-order valence-corrected chi connectivity index (χ0v) is 7.73. The predicted octanol–water partition coefficient (Wildman–Crippen LogP) is 2.55. The Bertz CT molecular complexity index is 359. The van der Waals surface area contributed by atoms with Gasteiger partial charge in [0.15, 0.2) is 11.6 Å². The van der Waals surface area contributed by atoms with Gasteiger partial charge in [0.1, 0.15) is 0 Å². The van der Waals surface area contributed by atoms with Crippen LogP contribution < -0.4 is 4.74 Å². The molecule has 4 heteroatoms. The van der Waals surface area contributed by atoms with Gasteiger partial charge in [-0.05, 0) is 17.7 Å². The molecule has 0 saturated heterocycles. The van der Waals surface area contributed by atoms with E-state index in [-0.39, 0.29) is 17.2 Å². The van der Waals surface area contributed by atoms with E-state index in [4.69, 9.17) is 21.6 Å². The lowest BCUT2D eigenvalue weighted by atomic mass is 10.1. The summed E-state index contributed by atoms with van der Waals surface area (Å²) in [7, 11) is 1.35. The second kappa shape index (κ2) is 4.11. The molecule has 1 aromatic carbocycles. The van der Waals surface area contributed by atoms with Gasteiger partial charge in [-0.1, -0.05) is 11.6 Å². The third-order valence-corrected chi connectivity index (χ3v) is 1.83. The fourth-order valence-corrected chi connectivity index (χ4v) is 1.19. The second-order valence-electron chi connectivity index (χ2n) is 2.43. The molecule has 13 heavy (non-hydrogen) atoms. The zero-order valence-electron chi connectivity index (χ0n) is 6.97. The molecule has 0 heterocycles. The lowest BCUT2D eigenvalue weighted by molar-refractivity contribution is 0.386. The topological polar surface area (TPSA) is 33.0 Å². The highest BCUT2D eigenvalue weighted by Gasteiger charge is 2.09. The predicted molar refractivity (Wildman–Crippen MR) is 47.3 cm³/mol. The molecule has 0 aliphatic carbocycles. The van der Waals surface area contributed by atoms with Crippen molar-refractivity contribution in [3.63, 3.8) is 0 Å². The maximum atomic E-state index is 13.1. The van der Waals surface area contributed by atoms with Crippen LogP contribution in [0.3, 0.4) is 0 Å². The minimum absolute atomic E-state index is 0.0235. The Morgan fingerprint density at radius 3 is 2.85 bits per heavy atom. The zero-order chi connectivity index (χ0) is 9.84. The highest BCUT2D eigenvalue weighted by Crippen LogP contribution is 2.26. The van der Waals surface area contributed by atoms with Crippen molar-refractivity contribution in [2.45, 2.75) is 6.42 Å². The first-order chi connectivity index (χ1) is 6.19. The van der Waals surface area contributed by atoms with Gasteiger partial charge in [0.05, 0.1) is 24.6 Å². The van der Waals surface area contributed by atoms with Crippen LogP contribution in [0, 0.1) is 17.1 Å². The lowest BCUT2D eigenvalue weighted by Gasteiger charge is -2.04. The minimum Gasteiger partial charge on any atom is -0.494 e. The lowest BCUT2D eigenvalue weighted by Crippen LogP contribution is -1.92. The van der Waals surface area contributed by atoms with Crippen molar-refractivity contribution in [2.75, 3.05) is 7.11 Å². The summed E-state index contributed by atoms with van der Waals surface area (Å²) < 4.78 is 17.8. The fourth-order valence-electron chi connectivity index (χ4n) is 0.959. The van der Waals surface area contributed by atoms with Gasteiger partial charge in [0.25, 0.3) is 0 Å². The number of nitriles is 1. The van der Waals surface area contributed by atoms with Gasteiger partial charge >= 0.3 is 0 Å². The van der Waals surface area contributed by atoms with Crippen LogP contribution in [0.2, 0.25) is 5.02 Å². The first-order valence-corrected chi connectivity index (χ1v) is 3.95. The van der Waals surface area contributed by atoms with Crippen molar-refractivity contribution in [3.05, 3.63) is 28.5 Å². The molecule has 0 aliphatic heterocycles. The molecule has 0 aliphatic rings. The molecule has 0 radical (unpaired) electrons. The van der Waals surface area contributed by atoms with Crippen LogP contribution in [0.4, 0.5) is 4.39 Å². The van der Waals surface area contributed by atoms with Crippen LogP contribution in [0.25, 0.3) is 0 Å². The fraction of sp³-hybridized carbons (Fsp3) is 0.222. The molecule has 0 fully saturated rings. The van der Waals surface area contributed by atoms with Crippen LogP contribution in [0.5, 0.6) is 5.75 Å². The van der Waals surface area contributed by atoms with Gasteiger partial charge in [-0.3, -0.25) is 0 Å². The van der Waals surface area contributed by atoms with Crippen molar-refractivity contribution >= 4 is 11.6 Å². The van der Waals surface area contributed by atoms with Crippen molar-refractivity contribution in [2.24, 2.45) is 0 Å². The third kappa shape index (κ3) is 2.10. The number of methoxy groups -OCH3 is 1. The second-order valence-corrected chi connectivity index (χ2v) is 2.84. The summed E-state index contributed by atoms with van der Waals surface area (Å²) in [6.45, 7) is 0.